The Morgan fingerprint density at radius 1 is 0.587 bits per heavy atom. The average molecular weight is 600 g/mol. The zero-order valence-electron chi connectivity index (χ0n) is 27.1. The van der Waals surface area contributed by atoms with Crippen LogP contribution in [0, 0.1) is 17.8 Å². The summed E-state index contributed by atoms with van der Waals surface area (Å²) in [5.74, 6) is 3.78. The van der Waals surface area contributed by atoms with Gasteiger partial charge in [-0.2, -0.15) is 0 Å². The van der Waals surface area contributed by atoms with Crippen LogP contribution >= 0.6 is 0 Å². The summed E-state index contributed by atoms with van der Waals surface area (Å²) < 4.78 is 4.81. The highest BCUT2D eigenvalue weighted by Crippen LogP contribution is 2.61. The normalized spacial score (nSPS) is 24.2. The highest BCUT2D eigenvalue weighted by Gasteiger charge is 2.51. The van der Waals surface area contributed by atoms with E-state index in [0.717, 1.165) is 29.3 Å². The van der Waals surface area contributed by atoms with Crippen molar-refractivity contribution in [2.24, 2.45) is 17.8 Å². The summed E-state index contributed by atoms with van der Waals surface area (Å²) in [5.41, 5.74) is 9.49. The van der Waals surface area contributed by atoms with Crippen LogP contribution in [0.5, 0.6) is 0 Å². The number of benzene rings is 4. The van der Waals surface area contributed by atoms with Gasteiger partial charge in [0.1, 0.15) is 5.82 Å². The number of rotatable bonds is 3. The number of para-hydroxylation sites is 2. The maximum Gasteiger partial charge on any atom is 0.139 e. The second kappa shape index (κ2) is 9.35. The monoisotopic (exact) mass is 599 g/mol. The molecule has 4 aromatic carbocycles. The van der Waals surface area contributed by atoms with Gasteiger partial charge in [0.25, 0.3) is 0 Å². The Morgan fingerprint density at radius 3 is 1.83 bits per heavy atom. The Labute approximate surface area is 270 Å². The Balaban J connectivity index is 1.15. The van der Waals surface area contributed by atoms with Crippen molar-refractivity contribution in [3.63, 3.8) is 0 Å². The molecule has 0 amide bonds. The number of pyridine rings is 1. The lowest BCUT2D eigenvalue weighted by Crippen LogP contribution is -2.48. The molecule has 0 spiro atoms. The molecule has 0 unspecified atom stereocenters. The molecule has 3 heterocycles. The molecule has 7 aromatic rings. The molecule has 4 aliphatic carbocycles. The van der Waals surface area contributed by atoms with Crippen molar-refractivity contribution in [1.82, 2.24) is 14.1 Å². The summed E-state index contributed by atoms with van der Waals surface area (Å²) in [6.07, 6.45) is 10.6. The summed E-state index contributed by atoms with van der Waals surface area (Å²) in [5, 5.41) is 5.27. The fourth-order valence-corrected chi connectivity index (χ4v) is 10.4. The van der Waals surface area contributed by atoms with Crippen LogP contribution in [0.1, 0.15) is 70.4 Å². The van der Waals surface area contributed by atoms with Gasteiger partial charge in [-0.3, -0.25) is 4.57 Å². The number of aromatic nitrogens is 3. The number of nitrogens with zero attached hydrogens (tertiary/aromatic N) is 3. The standard InChI is InChI=1S/C43H41N3/c1-42(2,3)30-12-14-40-35(21-30)34-9-5-7-11-38(34)46(40)41-23-32(16-17-44-41)45-37-10-6-4-8-33(37)36-22-31(13-15-39(36)45)43-24-27-18-28(25-43)20-29(19-27)26-43/h4-17,21-23,27-29H,18-20,24-26H2,1-3H3. The molecular formula is C43H41N3. The van der Waals surface area contributed by atoms with E-state index in [9.17, 15) is 0 Å². The summed E-state index contributed by atoms with van der Waals surface area (Å²) in [6.45, 7) is 6.86. The lowest BCUT2D eigenvalue weighted by molar-refractivity contribution is -0.00512. The van der Waals surface area contributed by atoms with Gasteiger partial charge in [-0.25, -0.2) is 4.98 Å². The second-order valence-electron chi connectivity index (χ2n) is 16.0. The summed E-state index contributed by atoms with van der Waals surface area (Å²) in [4.78, 5) is 4.99. The number of fused-ring (bicyclic) bond motifs is 6. The van der Waals surface area contributed by atoms with Crippen molar-refractivity contribution in [1.29, 1.82) is 0 Å². The smallest absolute Gasteiger partial charge is 0.139 e. The van der Waals surface area contributed by atoms with Crippen LogP contribution in [0.4, 0.5) is 0 Å². The maximum absolute atomic E-state index is 4.99. The van der Waals surface area contributed by atoms with Crippen LogP contribution in [0.2, 0.25) is 0 Å². The molecule has 0 aliphatic heterocycles. The van der Waals surface area contributed by atoms with E-state index in [4.69, 9.17) is 4.98 Å². The summed E-state index contributed by atoms with van der Waals surface area (Å²) >= 11 is 0. The third kappa shape index (κ3) is 3.81. The van der Waals surface area contributed by atoms with Gasteiger partial charge in [-0.15, -0.1) is 0 Å². The number of hydrogen-bond acceptors (Lipinski definition) is 1. The van der Waals surface area contributed by atoms with Gasteiger partial charge in [-0.1, -0.05) is 69.3 Å². The molecule has 4 aliphatic rings. The fraction of sp³-hybridized carbons (Fsp3) is 0.326. The van der Waals surface area contributed by atoms with Crippen LogP contribution in [0.15, 0.2) is 103 Å². The van der Waals surface area contributed by atoms with Crippen molar-refractivity contribution >= 4 is 43.6 Å². The molecule has 0 N–H and O–H groups in total. The largest absolute Gasteiger partial charge is 0.309 e. The van der Waals surface area contributed by atoms with Gasteiger partial charge in [0, 0.05) is 33.8 Å². The van der Waals surface area contributed by atoms with Gasteiger partial charge in [-0.05, 0) is 121 Å². The molecule has 0 atom stereocenters. The van der Waals surface area contributed by atoms with E-state index in [0.29, 0.717) is 5.41 Å². The Morgan fingerprint density at radius 2 is 1.15 bits per heavy atom. The molecule has 0 radical (unpaired) electrons. The summed E-state index contributed by atoms with van der Waals surface area (Å²) in [6, 6.07) is 36.7. The lowest BCUT2D eigenvalue weighted by Gasteiger charge is -2.57. The first kappa shape index (κ1) is 26.8. The second-order valence-corrected chi connectivity index (χ2v) is 16.0. The van der Waals surface area contributed by atoms with Crippen LogP contribution in [-0.2, 0) is 10.8 Å². The minimum atomic E-state index is 0.0850. The zero-order chi connectivity index (χ0) is 30.8. The zero-order valence-corrected chi connectivity index (χ0v) is 27.1. The quantitative estimate of drug-likeness (QED) is 0.198. The minimum absolute atomic E-state index is 0.0850. The van der Waals surface area contributed by atoms with Gasteiger partial charge in [0.15, 0.2) is 0 Å². The molecular weight excluding hydrogens is 558 g/mol. The molecule has 3 heteroatoms. The van der Waals surface area contributed by atoms with E-state index in [1.165, 1.54) is 87.7 Å². The van der Waals surface area contributed by atoms with E-state index in [2.05, 4.69) is 127 Å². The third-order valence-electron chi connectivity index (χ3n) is 12.1. The fourth-order valence-electron chi connectivity index (χ4n) is 10.4. The first-order valence-electron chi connectivity index (χ1n) is 17.4. The molecule has 4 saturated carbocycles. The predicted octanol–water partition coefficient (Wildman–Crippen LogP) is 11.0. The molecule has 4 fully saturated rings. The van der Waals surface area contributed by atoms with Crippen molar-refractivity contribution in [3.8, 4) is 11.5 Å². The van der Waals surface area contributed by atoms with Crippen molar-refractivity contribution in [3.05, 3.63) is 114 Å². The van der Waals surface area contributed by atoms with Crippen LogP contribution in [0.25, 0.3) is 55.1 Å². The van der Waals surface area contributed by atoms with Gasteiger partial charge in [0.05, 0.1) is 27.8 Å². The molecule has 3 aromatic heterocycles. The van der Waals surface area contributed by atoms with Gasteiger partial charge < -0.3 is 4.57 Å². The molecule has 228 valence electrons. The highest BCUT2D eigenvalue weighted by molar-refractivity contribution is 6.10. The van der Waals surface area contributed by atoms with Crippen LogP contribution in [0.3, 0.4) is 0 Å². The molecule has 11 rings (SSSR count). The summed E-state index contributed by atoms with van der Waals surface area (Å²) in [7, 11) is 0. The van der Waals surface area contributed by atoms with E-state index in [1.54, 1.807) is 5.56 Å². The Hall–Kier alpha value is -4.37. The first-order valence-corrected chi connectivity index (χ1v) is 17.4. The van der Waals surface area contributed by atoms with E-state index in [1.807, 2.05) is 6.20 Å². The molecule has 4 bridgehead atoms. The molecule has 3 nitrogen and oxygen atoms in total. The Kier molecular flexibility index (Phi) is 5.45. The van der Waals surface area contributed by atoms with E-state index >= 15 is 0 Å². The van der Waals surface area contributed by atoms with Crippen molar-refractivity contribution in [2.75, 3.05) is 0 Å². The SMILES string of the molecule is CC(C)(C)c1ccc2c(c1)c1ccccc1n2-c1cc(-n2c3ccccc3c3cc(C45CC6CC(CC(C6)C4)C5)ccc32)ccn1. The number of hydrogen-bond donors (Lipinski definition) is 0. The maximum atomic E-state index is 4.99. The first-order chi connectivity index (χ1) is 22.3. The van der Waals surface area contributed by atoms with Crippen LogP contribution in [-0.4, -0.2) is 14.1 Å². The van der Waals surface area contributed by atoms with E-state index < -0.39 is 0 Å². The van der Waals surface area contributed by atoms with Gasteiger partial charge in [0.2, 0.25) is 0 Å². The van der Waals surface area contributed by atoms with Crippen molar-refractivity contribution < 1.29 is 0 Å². The predicted molar refractivity (Wildman–Crippen MR) is 191 cm³/mol. The van der Waals surface area contributed by atoms with Gasteiger partial charge >= 0.3 is 0 Å². The minimum Gasteiger partial charge on any atom is -0.309 e. The topological polar surface area (TPSA) is 22.8 Å². The van der Waals surface area contributed by atoms with Crippen LogP contribution < -0.4 is 0 Å². The van der Waals surface area contributed by atoms with E-state index in [-0.39, 0.29) is 5.41 Å². The lowest BCUT2D eigenvalue weighted by atomic mass is 9.48. The Bertz CT molecular complexity index is 2310. The molecule has 46 heavy (non-hydrogen) atoms. The third-order valence-corrected chi connectivity index (χ3v) is 12.1. The average Bonchev–Trinajstić information content (AvgIpc) is 3.56. The highest BCUT2D eigenvalue weighted by atomic mass is 15.1. The van der Waals surface area contributed by atoms with Crippen molar-refractivity contribution in [2.45, 2.75) is 70.1 Å². The molecule has 0 saturated heterocycles.